The molecule has 1 heteroatoms. The summed E-state index contributed by atoms with van der Waals surface area (Å²) in [6, 6.07) is 0. The molecule has 1 radical (unpaired) electrons. The Morgan fingerprint density at radius 2 is 2.00 bits per heavy atom. The van der Waals surface area contributed by atoms with Gasteiger partial charge in [-0.3, -0.25) is 0 Å². The molecule has 0 aliphatic carbocycles. The first-order chi connectivity index (χ1) is 5.31. The van der Waals surface area contributed by atoms with E-state index in [-0.39, 0.29) is 0 Å². The summed E-state index contributed by atoms with van der Waals surface area (Å²) in [6.45, 7) is 4.21. The van der Waals surface area contributed by atoms with Crippen molar-refractivity contribution in [1.29, 1.82) is 0 Å². The van der Waals surface area contributed by atoms with Gasteiger partial charge in [0, 0.05) is 0 Å². The summed E-state index contributed by atoms with van der Waals surface area (Å²) in [6.07, 6.45) is 8.62. The molecule has 0 aliphatic rings. The fraction of sp³-hybridized carbons (Fsp3) is 0.800. The highest BCUT2D eigenvalue weighted by molar-refractivity contribution is 4.87. The van der Waals surface area contributed by atoms with E-state index in [1.165, 1.54) is 12.8 Å². The SMILES string of the molecule is CCCCC=CC([O])CCC. The predicted octanol–water partition coefficient (Wildman–Crippen LogP) is 3.33. The molecule has 0 aromatic heterocycles. The second-order valence-electron chi connectivity index (χ2n) is 2.90. The van der Waals surface area contributed by atoms with Crippen molar-refractivity contribution in [1.82, 2.24) is 0 Å². The Morgan fingerprint density at radius 1 is 1.27 bits per heavy atom. The minimum absolute atomic E-state index is 0.461. The molecular formula is C10H19O. The van der Waals surface area contributed by atoms with Crippen LogP contribution in [0.5, 0.6) is 0 Å². The van der Waals surface area contributed by atoms with Crippen LogP contribution in [0.15, 0.2) is 12.2 Å². The van der Waals surface area contributed by atoms with E-state index < -0.39 is 6.10 Å². The number of allylic oxidation sites excluding steroid dienone is 1. The highest BCUT2D eigenvalue weighted by Gasteiger charge is 1.96. The van der Waals surface area contributed by atoms with Crippen LogP contribution in [0.4, 0.5) is 0 Å². The van der Waals surface area contributed by atoms with Crippen molar-refractivity contribution < 1.29 is 5.11 Å². The Morgan fingerprint density at radius 3 is 2.55 bits per heavy atom. The summed E-state index contributed by atoms with van der Waals surface area (Å²) in [5.74, 6) is 0. The van der Waals surface area contributed by atoms with Gasteiger partial charge in [0.25, 0.3) is 0 Å². The van der Waals surface area contributed by atoms with Crippen LogP contribution < -0.4 is 0 Å². The Bertz CT molecular complexity index is 97.0. The summed E-state index contributed by atoms with van der Waals surface area (Å²) in [5.41, 5.74) is 0. The topological polar surface area (TPSA) is 19.9 Å². The summed E-state index contributed by atoms with van der Waals surface area (Å²) in [4.78, 5) is 0. The molecular weight excluding hydrogens is 136 g/mol. The fourth-order valence-electron chi connectivity index (χ4n) is 0.951. The average Bonchev–Trinajstić information content (AvgIpc) is 1.99. The van der Waals surface area contributed by atoms with Crippen LogP contribution in [-0.4, -0.2) is 6.10 Å². The first-order valence-electron chi connectivity index (χ1n) is 4.63. The molecule has 65 valence electrons. The molecule has 0 aliphatic heterocycles. The van der Waals surface area contributed by atoms with Crippen molar-refractivity contribution in [3.05, 3.63) is 12.2 Å². The first kappa shape index (κ1) is 10.7. The predicted molar refractivity (Wildman–Crippen MR) is 48.0 cm³/mol. The van der Waals surface area contributed by atoms with Gasteiger partial charge in [0.15, 0.2) is 0 Å². The maximum atomic E-state index is 11.0. The zero-order chi connectivity index (χ0) is 8.53. The lowest BCUT2D eigenvalue weighted by Crippen LogP contribution is -1.97. The molecule has 0 aromatic carbocycles. The lowest BCUT2D eigenvalue weighted by Gasteiger charge is -1.97. The maximum absolute atomic E-state index is 11.0. The van der Waals surface area contributed by atoms with Crippen molar-refractivity contribution in [2.45, 2.75) is 52.1 Å². The van der Waals surface area contributed by atoms with Gasteiger partial charge in [-0.05, 0) is 12.8 Å². The third-order valence-electron chi connectivity index (χ3n) is 1.65. The lowest BCUT2D eigenvalue weighted by molar-refractivity contribution is 0.121. The molecule has 0 saturated heterocycles. The van der Waals surface area contributed by atoms with Gasteiger partial charge in [-0.1, -0.05) is 45.3 Å². The quantitative estimate of drug-likeness (QED) is 0.414. The minimum Gasteiger partial charge on any atom is -0.229 e. The summed E-state index contributed by atoms with van der Waals surface area (Å²) in [5, 5.41) is 11.0. The van der Waals surface area contributed by atoms with Gasteiger partial charge in [0.1, 0.15) is 6.10 Å². The molecule has 0 aromatic rings. The molecule has 0 N–H and O–H groups in total. The van der Waals surface area contributed by atoms with Crippen LogP contribution in [0, 0.1) is 0 Å². The third-order valence-corrected chi connectivity index (χ3v) is 1.65. The Hall–Kier alpha value is -0.300. The molecule has 0 saturated carbocycles. The molecule has 11 heavy (non-hydrogen) atoms. The van der Waals surface area contributed by atoms with Crippen LogP contribution in [0.3, 0.4) is 0 Å². The zero-order valence-corrected chi connectivity index (χ0v) is 7.68. The summed E-state index contributed by atoms with van der Waals surface area (Å²) in [7, 11) is 0. The average molecular weight is 155 g/mol. The summed E-state index contributed by atoms with van der Waals surface area (Å²) >= 11 is 0. The number of rotatable bonds is 6. The van der Waals surface area contributed by atoms with Gasteiger partial charge >= 0.3 is 0 Å². The van der Waals surface area contributed by atoms with Gasteiger partial charge in [-0.25, -0.2) is 5.11 Å². The monoisotopic (exact) mass is 155 g/mol. The van der Waals surface area contributed by atoms with Crippen LogP contribution in [0.25, 0.3) is 0 Å². The summed E-state index contributed by atoms with van der Waals surface area (Å²) < 4.78 is 0. The van der Waals surface area contributed by atoms with Gasteiger partial charge in [-0.2, -0.15) is 0 Å². The zero-order valence-electron chi connectivity index (χ0n) is 7.68. The Kier molecular flexibility index (Phi) is 7.59. The molecule has 0 rings (SSSR count). The maximum Gasteiger partial charge on any atom is 0.111 e. The van der Waals surface area contributed by atoms with E-state index in [4.69, 9.17) is 0 Å². The van der Waals surface area contributed by atoms with Crippen molar-refractivity contribution in [2.75, 3.05) is 0 Å². The van der Waals surface area contributed by atoms with E-state index in [0.717, 1.165) is 19.3 Å². The molecule has 0 spiro atoms. The van der Waals surface area contributed by atoms with Gasteiger partial charge < -0.3 is 0 Å². The molecule has 1 nitrogen and oxygen atoms in total. The highest BCUT2D eigenvalue weighted by atomic mass is 16.3. The van der Waals surface area contributed by atoms with Crippen molar-refractivity contribution in [3.8, 4) is 0 Å². The standard InChI is InChI=1S/C10H19O/c1-3-5-6-7-9-10(11)8-4-2/h7,9-10H,3-6,8H2,1-2H3. The van der Waals surface area contributed by atoms with E-state index in [9.17, 15) is 5.11 Å². The van der Waals surface area contributed by atoms with Crippen molar-refractivity contribution in [3.63, 3.8) is 0 Å². The molecule has 1 unspecified atom stereocenters. The fourth-order valence-corrected chi connectivity index (χ4v) is 0.951. The van der Waals surface area contributed by atoms with Gasteiger partial charge in [-0.15, -0.1) is 0 Å². The third kappa shape index (κ3) is 7.60. The number of unbranched alkanes of at least 4 members (excludes halogenated alkanes) is 2. The van der Waals surface area contributed by atoms with Crippen LogP contribution >= 0.6 is 0 Å². The van der Waals surface area contributed by atoms with E-state index in [0.29, 0.717) is 0 Å². The van der Waals surface area contributed by atoms with E-state index in [1.807, 2.05) is 13.0 Å². The highest BCUT2D eigenvalue weighted by Crippen LogP contribution is 2.01. The molecule has 0 bridgehead atoms. The minimum atomic E-state index is -0.461. The second-order valence-corrected chi connectivity index (χ2v) is 2.90. The van der Waals surface area contributed by atoms with E-state index >= 15 is 0 Å². The van der Waals surface area contributed by atoms with Crippen LogP contribution in [-0.2, 0) is 5.11 Å². The molecule has 0 heterocycles. The Labute approximate surface area is 70.1 Å². The van der Waals surface area contributed by atoms with E-state index in [2.05, 4.69) is 6.92 Å². The van der Waals surface area contributed by atoms with Crippen LogP contribution in [0.1, 0.15) is 46.0 Å². The number of hydrogen-bond acceptors (Lipinski definition) is 0. The molecule has 1 atom stereocenters. The molecule has 0 fully saturated rings. The molecule has 0 amide bonds. The van der Waals surface area contributed by atoms with Gasteiger partial charge in [0.05, 0.1) is 0 Å². The second kappa shape index (κ2) is 7.80. The first-order valence-corrected chi connectivity index (χ1v) is 4.63. The van der Waals surface area contributed by atoms with Crippen molar-refractivity contribution in [2.24, 2.45) is 0 Å². The number of hydrogen-bond donors (Lipinski definition) is 0. The van der Waals surface area contributed by atoms with Gasteiger partial charge in [0.2, 0.25) is 0 Å². The van der Waals surface area contributed by atoms with E-state index in [1.54, 1.807) is 6.08 Å². The van der Waals surface area contributed by atoms with Crippen molar-refractivity contribution >= 4 is 0 Å². The normalized spacial score (nSPS) is 14.1. The van der Waals surface area contributed by atoms with Crippen LogP contribution in [0.2, 0.25) is 0 Å². The Balaban J connectivity index is 3.24. The lowest BCUT2D eigenvalue weighted by atomic mass is 10.1. The largest absolute Gasteiger partial charge is 0.229 e. The smallest absolute Gasteiger partial charge is 0.111 e.